The first-order valence-electron chi connectivity index (χ1n) is 7.88. The summed E-state index contributed by atoms with van der Waals surface area (Å²) >= 11 is 3.51. The molecule has 0 atom stereocenters. The summed E-state index contributed by atoms with van der Waals surface area (Å²) in [6, 6.07) is 0. The molecule has 1 aliphatic heterocycles. The van der Waals surface area contributed by atoms with E-state index in [1.807, 2.05) is 6.20 Å². The van der Waals surface area contributed by atoms with E-state index in [1.165, 1.54) is 32.4 Å². The molecule has 1 aromatic rings. The van der Waals surface area contributed by atoms with E-state index in [0.717, 1.165) is 35.7 Å². The molecule has 21 heavy (non-hydrogen) atoms. The minimum Gasteiger partial charge on any atom is -0.369 e. The fourth-order valence-corrected chi connectivity index (χ4v) is 2.89. The lowest BCUT2D eigenvalue weighted by molar-refractivity contribution is 0.215. The number of likely N-dealkylation sites (tertiary alicyclic amines) is 1. The Morgan fingerprint density at radius 2 is 2.05 bits per heavy atom. The lowest BCUT2D eigenvalue weighted by Gasteiger charge is -2.28. The summed E-state index contributed by atoms with van der Waals surface area (Å²) in [5.74, 6) is 2.42. The van der Waals surface area contributed by atoms with Crippen LogP contribution in [0.5, 0.6) is 0 Å². The van der Waals surface area contributed by atoms with Crippen molar-refractivity contribution in [2.45, 2.75) is 32.6 Å². The molecule has 5 nitrogen and oxygen atoms in total. The third-order valence-electron chi connectivity index (χ3n) is 3.96. The highest BCUT2D eigenvalue weighted by Crippen LogP contribution is 2.22. The van der Waals surface area contributed by atoms with Gasteiger partial charge in [0.15, 0.2) is 0 Å². The number of aromatic nitrogens is 2. The van der Waals surface area contributed by atoms with Crippen LogP contribution in [-0.2, 0) is 0 Å². The van der Waals surface area contributed by atoms with Gasteiger partial charge < -0.3 is 15.5 Å². The zero-order valence-corrected chi connectivity index (χ0v) is 14.6. The minimum atomic E-state index is 0.696. The van der Waals surface area contributed by atoms with Gasteiger partial charge in [0.05, 0.1) is 4.47 Å². The highest BCUT2D eigenvalue weighted by molar-refractivity contribution is 9.10. The van der Waals surface area contributed by atoms with Gasteiger partial charge in [0.2, 0.25) is 5.95 Å². The van der Waals surface area contributed by atoms with E-state index < -0.39 is 0 Å². The van der Waals surface area contributed by atoms with Crippen LogP contribution in [0, 0.1) is 5.92 Å². The third-order valence-corrected chi connectivity index (χ3v) is 4.54. The number of hydrogen-bond acceptors (Lipinski definition) is 5. The smallest absolute Gasteiger partial charge is 0.224 e. The van der Waals surface area contributed by atoms with Crippen molar-refractivity contribution < 1.29 is 0 Å². The first-order valence-corrected chi connectivity index (χ1v) is 8.67. The van der Waals surface area contributed by atoms with Crippen molar-refractivity contribution >= 4 is 27.7 Å². The fourth-order valence-electron chi connectivity index (χ4n) is 2.56. The Morgan fingerprint density at radius 3 is 2.76 bits per heavy atom. The Balaban J connectivity index is 1.79. The summed E-state index contributed by atoms with van der Waals surface area (Å²) in [7, 11) is 2.21. The van der Waals surface area contributed by atoms with Gasteiger partial charge in [-0.2, -0.15) is 4.98 Å². The second-order valence-electron chi connectivity index (χ2n) is 5.78. The van der Waals surface area contributed by atoms with Crippen LogP contribution in [-0.4, -0.2) is 48.1 Å². The Morgan fingerprint density at radius 1 is 1.29 bits per heavy atom. The second-order valence-corrected chi connectivity index (χ2v) is 6.63. The molecule has 0 spiro atoms. The molecule has 0 aliphatic carbocycles. The van der Waals surface area contributed by atoms with Gasteiger partial charge in [-0.3, -0.25) is 0 Å². The summed E-state index contributed by atoms with van der Waals surface area (Å²) in [4.78, 5) is 11.2. The fraction of sp³-hybridized carbons (Fsp3) is 0.733. The van der Waals surface area contributed by atoms with Gasteiger partial charge in [-0.15, -0.1) is 0 Å². The molecule has 1 aliphatic rings. The van der Waals surface area contributed by atoms with E-state index in [9.17, 15) is 0 Å². The van der Waals surface area contributed by atoms with Crippen molar-refractivity contribution in [3.63, 3.8) is 0 Å². The quantitative estimate of drug-likeness (QED) is 0.786. The molecule has 1 fully saturated rings. The first kappa shape index (κ1) is 16.5. The second kappa shape index (κ2) is 8.54. The van der Waals surface area contributed by atoms with Crippen LogP contribution >= 0.6 is 15.9 Å². The molecule has 118 valence electrons. The van der Waals surface area contributed by atoms with Gasteiger partial charge in [-0.05, 0) is 67.7 Å². The normalized spacial score (nSPS) is 16.9. The number of piperidine rings is 1. The predicted molar refractivity (Wildman–Crippen MR) is 91.8 cm³/mol. The van der Waals surface area contributed by atoms with Crippen molar-refractivity contribution in [2.24, 2.45) is 5.92 Å². The number of nitrogens with one attached hydrogen (secondary N) is 2. The standard InChI is InChI=1S/C15H26BrN5/c1-3-7-18-15-19-11-13(16)14(20-15)17-8-4-12-5-9-21(2)10-6-12/h11-12H,3-10H2,1-2H3,(H2,17,18,19,20). The maximum absolute atomic E-state index is 4.52. The number of hydrogen-bond donors (Lipinski definition) is 2. The Labute approximate surface area is 136 Å². The lowest BCUT2D eigenvalue weighted by Crippen LogP contribution is -2.30. The van der Waals surface area contributed by atoms with Gasteiger partial charge in [0, 0.05) is 19.3 Å². The molecule has 0 amide bonds. The predicted octanol–water partition coefficient (Wildman–Crippen LogP) is 3.20. The Bertz CT molecular complexity index is 432. The minimum absolute atomic E-state index is 0.696. The van der Waals surface area contributed by atoms with Gasteiger partial charge in [-0.1, -0.05) is 6.92 Å². The van der Waals surface area contributed by atoms with Crippen LogP contribution in [0.15, 0.2) is 10.7 Å². The van der Waals surface area contributed by atoms with E-state index in [-0.39, 0.29) is 0 Å². The van der Waals surface area contributed by atoms with Gasteiger partial charge >= 0.3 is 0 Å². The SMILES string of the molecule is CCCNc1ncc(Br)c(NCCC2CCN(C)CC2)n1. The average molecular weight is 356 g/mol. The van der Waals surface area contributed by atoms with Crippen molar-refractivity contribution in [3.05, 3.63) is 10.7 Å². The Kier molecular flexibility index (Phi) is 6.70. The van der Waals surface area contributed by atoms with Gasteiger partial charge in [0.25, 0.3) is 0 Å². The molecule has 0 unspecified atom stereocenters. The summed E-state index contributed by atoms with van der Waals surface area (Å²) in [5.41, 5.74) is 0. The number of rotatable bonds is 7. The molecule has 1 saturated heterocycles. The monoisotopic (exact) mass is 355 g/mol. The molecule has 6 heteroatoms. The van der Waals surface area contributed by atoms with E-state index in [0.29, 0.717) is 5.95 Å². The maximum atomic E-state index is 4.52. The van der Waals surface area contributed by atoms with Crippen molar-refractivity contribution in [2.75, 3.05) is 43.9 Å². The summed E-state index contributed by atoms with van der Waals surface area (Å²) in [5, 5.41) is 6.65. The Hall–Kier alpha value is -0.880. The highest BCUT2D eigenvalue weighted by Gasteiger charge is 2.16. The molecule has 1 aromatic heterocycles. The highest BCUT2D eigenvalue weighted by atomic mass is 79.9. The lowest BCUT2D eigenvalue weighted by atomic mass is 9.94. The van der Waals surface area contributed by atoms with Crippen LogP contribution in [0.4, 0.5) is 11.8 Å². The van der Waals surface area contributed by atoms with Crippen LogP contribution in [0.3, 0.4) is 0 Å². The van der Waals surface area contributed by atoms with Gasteiger partial charge in [-0.25, -0.2) is 4.98 Å². The molecular formula is C15H26BrN5. The van der Waals surface area contributed by atoms with Crippen molar-refractivity contribution in [3.8, 4) is 0 Å². The molecule has 0 saturated carbocycles. The zero-order chi connectivity index (χ0) is 15.1. The number of nitrogens with zero attached hydrogens (tertiary/aromatic N) is 3. The molecular weight excluding hydrogens is 330 g/mol. The molecule has 2 heterocycles. The maximum Gasteiger partial charge on any atom is 0.224 e. The molecule has 2 N–H and O–H groups in total. The van der Waals surface area contributed by atoms with Crippen LogP contribution in [0.1, 0.15) is 32.6 Å². The zero-order valence-electron chi connectivity index (χ0n) is 13.0. The van der Waals surface area contributed by atoms with Crippen LogP contribution < -0.4 is 10.6 Å². The number of halogens is 1. The van der Waals surface area contributed by atoms with Crippen molar-refractivity contribution in [1.82, 2.24) is 14.9 Å². The van der Waals surface area contributed by atoms with Crippen LogP contribution in [0.25, 0.3) is 0 Å². The molecule has 2 rings (SSSR count). The first-order chi connectivity index (χ1) is 10.2. The van der Waals surface area contributed by atoms with Gasteiger partial charge in [0.1, 0.15) is 5.82 Å². The van der Waals surface area contributed by atoms with E-state index in [1.54, 1.807) is 0 Å². The van der Waals surface area contributed by atoms with Crippen molar-refractivity contribution in [1.29, 1.82) is 0 Å². The summed E-state index contributed by atoms with van der Waals surface area (Å²) in [6.45, 7) is 6.46. The van der Waals surface area contributed by atoms with E-state index in [2.05, 4.69) is 55.4 Å². The van der Waals surface area contributed by atoms with E-state index >= 15 is 0 Å². The average Bonchev–Trinajstić information content (AvgIpc) is 2.50. The molecule has 0 aromatic carbocycles. The van der Waals surface area contributed by atoms with Crippen LogP contribution in [0.2, 0.25) is 0 Å². The summed E-state index contributed by atoms with van der Waals surface area (Å²) in [6.07, 6.45) is 6.71. The molecule has 0 bridgehead atoms. The molecule has 0 radical (unpaired) electrons. The largest absolute Gasteiger partial charge is 0.369 e. The number of anilines is 2. The summed E-state index contributed by atoms with van der Waals surface area (Å²) < 4.78 is 0.924. The topological polar surface area (TPSA) is 53.1 Å². The van der Waals surface area contributed by atoms with E-state index in [4.69, 9.17) is 0 Å². The third kappa shape index (κ3) is 5.43.